The van der Waals surface area contributed by atoms with Crippen LogP contribution in [0.5, 0.6) is 11.5 Å². The first-order chi connectivity index (χ1) is 14.3. The van der Waals surface area contributed by atoms with E-state index >= 15 is 0 Å². The normalized spacial score (nSPS) is 12.8. The van der Waals surface area contributed by atoms with Gasteiger partial charge in [-0.15, -0.1) is 0 Å². The minimum Gasteiger partial charge on any atom is -0.496 e. The Hall–Kier alpha value is -2.54. The Morgan fingerprint density at radius 2 is 1.70 bits per heavy atom. The molecule has 0 aliphatic rings. The number of hydrogen-bond acceptors (Lipinski definition) is 4. The zero-order chi connectivity index (χ0) is 22.3. The molecule has 0 aliphatic carbocycles. The summed E-state index contributed by atoms with van der Waals surface area (Å²) in [5.41, 5.74) is 1.40. The van der Waals surface area contributed by atoms with Crippen molar-refractivity contribution in [2.24, 2.45) is 5.92 Å². The molecular weight excluding hydrogens is 448 g/mol. The lowest BCUT2D eigenvalue weighted by Crippen LogP contribution is -2.50. The molecule has 2 unspecified atom stereocenters. The summed E-state index contributed by atoms with van der Waals surface area (Å²) in [6, 6.07) is 11.6. The molecule has 2 atom stereocenters. The molecule has 2 amide bonds. The third kappa shape index (κ3) is 6.23. The van der Waals surface area contributed by atoms with Gasteiger partial charge in [-0.2, -0.15) is 0 Å². The highest BCUT2D eigenvalue weighted by atomic mass is 79.9. The molecule has 7 heteroatoms. The number of benzene rings is 2. The molecule has 0 spiro atoms. The summed E-state index contributed by atoms with van der Waals surface area (Å²) in [6.45, 7) is 8.16. The zero-order valence-electron chi connectivity index (χ0n) is 18.0. The van der Waals surface area contributed by atoms with Crippen LogP contribution in [0.2, 0.25) is 0 Å². The molecule has 2 N–H and O–H groups in total. The van der Waals surface area contributed by atoms with E-state index in [2.05, 4.69) is 26.6 Å². The first-order valence-corrected chi connectivity index (χ1v) is 10.7. The van der Waals surface area contributed by atoms with Crippen molar-refractivity contribution in [2.45, 2.75) is 39.8 Å². The predicted octanol–water partition coefficient (Wildman–Crippen LogP) is 4.49. The summed E-state index contributed by atoms with van der Waals surface area (Å²) in [5, 5.41) is 5.84. The Labute approximate surface area is 186 Å². The molecule has 2 aromatic rings. The van der Waals surface area contributed by atoms with Gasteiger partial charge < -0.3 is 20.1 Å². The Morgan fingerprint density at radius 3 is 2.23 bits per heavy atom. The van der Waals surface area contributed by atoms with Crippen LogP contribution in [0.3, 0.4) is 0 Å². The van der Waals surface area contributed by atoms with Crippen LogP contribution >= 0.6 is 15.9 Å². The molecule has 6 nitrogen and oxygen atoms in total. The maximum absolute atomic E-state index is 12.9. The van der Waals surface area contributed by atoms with Crippen molar-refractivity contribution >= 4 is 27.7 Å². The van der Waals surface area contributed by atoms with E-state index in [0.717, 1.165) is 15.8 Å². The van der Waals surface area contributed by atoms with Gasteiger partial charge in [0, 0.05) is 5.56 Å². The Morgan fingerprint density at radius 1 is 1.03 bits per heavy atom. The zero-order valence-corrected chi connectivity index (χ0v) is 19.6. The Kier molecular flexibility index (Phi) is 8.72. The second-order valence-corrected chi connectivity index (χ2v) is 8.13. The third-order valence-corrected chi connectivity index (χ3v) is 5.32. The lowest BCUT2D eigenvalue weighted by Gasteiger charge is -2.24. The number of ether oxygens (including phenoxy) is 2. The minimum atomic E-state index is -0.659. The smallest absolute Gasteiger partial charge is 0.251 e. The number of amides is 2. The van der Waals surface area contributed by atoms with Crippen LogP contribution in [-0.4, -0.2) is 31.6 Å². The van der Waals surface area contributed by atoms with Crippen LogP contribution in [0, 0.1) is 5.92 Å². The quantitative estimate of drug-likeness (QED) is 0.558. The molecule has 0 radical (unpaired) electrons. The highest BCUT2D eigenvalue weighted by molar-refractivity contribution is 9.10. The Balaban J connectivity index is 2.06. The molecule has 0 fully saturated rings. The van der Waals surface area contributed by atoms with E-state index < -0.39 is 6.04 Å². The van der Waals surface area contributed by atoms with Gasteiger partial charge in [0.1, 0.15) is 17.5 Å². The van der Waals surface area contributed by atoms with Crippen LogP contribution in [0.4, 0.5) is 0 Å². The molecule has 0 bridgehead atoms. The summed E-state index contributed by atoms with van der Waals surface area (Å²) in [6.07, 6.45) is 0. The fourth-order valence-corrected chi connectivity index (χ4v) is 3.53. The van der Waals surface area contributed by atoms with E-state index in [0.29, 0.717) is 17.9 Å². The van der Waals surface area contributed by atoms with Crippen LogP contribution < -0.4 is 20.1 Å². The number of hydrogen-bond donors (Lipinski definition) is 2. The monoisotopic (exact) mass is 476 g/mol. The van der Waals surface area contributed by atoms with Gasteiger partial charge in [0.25, 0.3) is 5.91 Å². The van der Waals surface area contributed by atoms with E-state index in [4.69, 9.17) is 9.47 Å². The van der Waals surface area contributed by atoms with Crippen molar-refractivity contribution in [3.63, 3.8) is 0 Å². The average molecular weight is 477 g/mol. The van der Waals surface area contributed by atoms with Crippen LogP contribution in [0.1, 0.15) is 49.7 Å². The highest BCUT2D eigenvalue weighted by Gasteiger charge is 2.26. The van der Waals surface area contributed by atoms with E-state index in [9.17, 15) is 9.59 Å². The van der Waals surface area contributed by atoms with Gasteiger partial charge in [0.2, 0.25) is 5.91 Å². The maximum atomic E-state index is 12.9. The summed E-state index contributed by atoms with van der Waals surface area (Å²) in [4.78, 5) is 25.6. The highest BCUT2D eigenvalue weighted by Crippen LogP contribution is 2.28. The molecule has 2 aromatic carbocycles. The number of halogens is 1. The van der Waals surface area contributed by atoms with Gasteiger partial charge in [-0.1, -0.05) is 19.9 Å². The van der Waals surface area contributed by atoms with Gasteiger partial charge in [-0.05, 0) is 77.7 Å². The van der Waals surface area contributed by atoms with E-state index in [1.54, 1.807) is 31.4 Å². The lowest BCUT2D eigenvalue weighted by molar-refractivity contribution is -0.124. The molecule has 0 saturated carbocycles. The van der Waals surface area contributed by atoms with E-state index in [-0.39, 0.29) is 23.8 Å². The third-order valence-electron chi connectivity index (χ3n) is 4.70. The van der Waals surface area contributed by atoms with E-state index in [1.807, 2.05) is 45.9 Å². The number of carbonyl (C=O) groups excluding carboxylic acids is 2. The number of methoxy groups -OCH3 is 1. The number of carbonyl (C=O) groups is 2. The van der Waals surface area contributed by atoms with Gasteiger partial charge in [-0.25, -0.2) is 0 Å². The van der Waals surface area contributed by atoms with Gasteiger partial charge in [0.15, 0.2) is 0 Å². The molecule has 0 aromatic heterocycles. The van der Waals surface area contributed by atoms with Crippen LogP contribution in [-0.2, 0) is 4.79 Å². The Bertz CT molecular complexity index is 868. The molecular formula is C23H29BrN2O4. The fourth-order valence-electron chi connectivity index (χ4n) is 2.97. The lowest BCUT2D eigenvalue weighted by atomic mass is 10.0. The summed E-state index contributed by atoms with van der Waals surface area (Å²) >= 11 is 3.46. The molecule has 0 aliphatic heterocycles. The van der Waals surface area contributed by atoms with Crippen LogP contribution in [0.15, 0.2) is 46.9 Å². The maximum Gasteiger partial charge on any atom is 0.251 e. The minimum absolute atomic E-state index is 0.0774. The standard InChI is InChI=1S/C23H29BrN2O4/c1-6-30-18-10-7-16(8-11-18)22(27)26-21(14(2)3)23(28)25-15(4)17-9-12-20(29-5)19(24)13-17/h7-15,21H,6H2,1-5H3,(H,25,28)(H,26,27). The van der Waals surface area contributed by atoms with Gasteiger partial charge >= 0.3 is 0 Å². The van der Waals surface area contributed by atoms with E-state index in [1.165, 1.54) is 0 Å². The second kappa shape index (κ2) is 11.0. The fraction of sp³-hybridized carbons (Fsp3) is 0.391. The van der Waals surface area contributed by atoms with Crippen molar-refractivity contribution in [1.82, 2.24) is 10.6 Å². The van der Waals surface area contributed by atoms with Crippen molar-refractivity contribution in [3.8, 4) is 11.5 Å². The summed E-state index contributed by atoms with van der Waals surface area (Å²) < 4.78 is 11.5. The molecule has 30 heavy (non-hydrogen) atoms. The molecule has 2 rings (SSSR count). The first-order valence-electron chi connectivity index (χ1n) is 9.94. The average Bonchev–Trinajstić information content (AvgIpc) is 2.72. The van der Waals surface area contributed by atoms with Crippen molar-refractivity contribution in [3.05, 3.63) is 58.1 Å². The SMILES string of the molecule is CCOc1ccc(C(=O)NC(C(=O)NC(C)c2ccc(OC)c(Br)c2)C(C)C)cc1. The number of rotatable bonds is 9. The number of nitrogens with one attached hydrogen (secondary N) is 2. The van der Waals surface area contributed by atoms with Crippen molar-refractivity contribution < 1.29 is 19.1 Å². The largest absolute Gasteiger partial charge is 0.496 e. The summed E-state index contributed by atoms with van der Waals surface area (Å²) in [5.74, 6) is 0.813. The van der Waals surface area contributed by atoms with Crippen molar-refractivity contribution in [2.75, 3.05) is 13.7 Å². The van der Waals surface area contributed by atoms with Crippen molar-refractivity contribution in [1.29, 1.82) is 0 Å². The van der Waals surface area contributed by atoms with Crippen LogP contribution in [0.25, 0.3) is 0 Å². The first kappa shape index (κ1) is 23.7. The second-order valence-electron chi connectivity index (χ2n) is 7.28. The van der Waals surface area contributed by atoms with Gasteiger partial charge in [-0.3, -0.25) is 9.59 Å². The topological polar surface area (TPSA) is 76.7 Å². The summed E-state index contributed by atoms with van der Waals surface area (Å²) in [7, 11) is 1.60. The molecule has 0 saturated heterocycles. The van der Waals surface area contributed by atoms with Gasteiger partial charge in [0.05, 0.1) is 24.2 Å². The predicted molar refractivity (Wildman–Crippen MR) is 121 cm³/mol. The molecule has 0 heterocycles. The molecule has 162 valence electrons.